The number of esters is 1. The normalized spacial score (nSPS) is 10.1. The van der Waals surface area contributed by atoms with E-state index in [9.17, 15) is 9.59 Å². The molecule has 0 saturated carbocycles. The van der Waals surface area contributed by atoms with Gasteiger partial charge in [-0.2, -0.15) is 0 Å². The molecule has 5 nitrogen and oxygen atoms in total. The molecule has 0 spiro atoms. The van der Waals surface area contributed by atoms with Gasteiger partial charge in [0.05, 0.1) is 17.7 Å². The second kappa shape index (κ2) is 5.71. The van der Waals surface area contributed by atoms with Gasteiger partial charge in [-0.05, 0) is 35.4 Å². The Balaban J connectivity index is 2.44. The van der Waals surface area contributed by atoms with Gasteiger partial charge in [-0.3, -0.25) is 0 Å². The number of hydrogen-bond donors (Lipinski definition) is 1. The minimum Gasteiger partial charge on any atom is -0.477 e. The molecule has 6 heteroatoms. The number of nitrogens with zero attached hydrogens (tertiary/aromatic N) is 1. The van der Waals surface area contributed by atoms with Gasteiger partial charge in [-0.15, -0.1) is 0 Å². The summed E-state index contributed by atoms with van der Waals surface area (Å²) in [5.74, 6) is -1.63. The van der Waals surface area contributed by atoms with Crippen LogP contribution in [0.1, 0.15) is 20.8 Å². The van der Waals surface area contributed by atoms with Gasteiger partial charge in [0, 0.05) is 6.20 Å². The van der Waals surface area contributed by atoms with Crippen molar-refractivity contribution in [3.8, 4) is 11.1 Å². The Kier molecular flexibility index (Phi) is 4.00. The first kappa shape index (κ1) is 14.0. The van der Waals surface area contributed by atoms with Crippen LogP contribution in [0.25, 0.3) is 11.1 Å². The van der Waals surface area contributed by atoms with Gasteiger partial charge < -0.3 is 9.84 Å². The highest BCUT2D eigenvalue weighted by molar-refractivity contribution is 6.33. The van der Waals surface area contributed by atoms with E-state index >= 15 is 0 Å². The number of aromatic carboxylic acids is 1. The highest BCUT2D eigenvalue weighted by Gasteiger charge is 2.12. The quantitative estimate of drug-likeness (QED) is 0.880. The Bertz CT molecular complexity index is 685. The van der Waals surface area contributed by atoms with Crippen molar-refractivity contribution in [2.45, 2.75) is 0 Å². The highest BCUT2D eigenvalue weighted by Crippen LogP contribution is 2.26. The average Bonchev–Trinajstić information content (AvgIpc) is 2.46. The van der Waals surface area contributed by atoms with Crippen LogP contribution >= 0.6 is 11.6 Å². The number of carboxylic acid groups (broad SMARTS) is 1. The predicted molar refractivity (Wildman–Crippen MR) is 73.0 cm³/mol. The molecular formula is C14H10ClNO4. The maximum Gasteiger partial charge on any atom is 0.354 e. The SMILES string of the molecule is COC(=O)c1ccc(-c2ccnc(C(=O)O)c2)cc1Cl. The summed E-state index contributed by atoms with van der Waals surface area (Å²) in [4.78, 5) is 26.1. The van der Waals surface area contributed by atoms with Gasteiger partial charge in [0.15, 0.2) is 0 Å². The Morgan fingerprint density at radius 1 is 1.20 bits per heavy atom. The standard InChI is InChI=1S/C14H10ClNO4/c1-20-14(19)10-3-2-8(6-11(10)15)9-4-5-16-12(7-9)13(17)18/h2-7H,1H3,(H,17,18). The molecular weight excluding hydrogens is 282 g/mol. The van der Waals surface area contributed by atoms with Gasteiger partial charge in [0.2, 0.25) is 0 Å². The molecule has 0 aliphatic heterocycles. The number of rotatable bonds is 3. The van der Waals surface area contributed by atoms with Crippen LogP contribution in [0.4, 0.5) is 0 Å². The van der Waals surface area contributed by atoms with Crippen molar-refractivity contribution in [1.82, 2.24) is 4.98 Å². The second-order valence-corrected chi connectivity index (χ2v) is 4.33. The Morgan fingerprint density at radius 2 is 1.90 bits per heavy atom. The molecule has 0 unspecified atom stereocenters. The summed E-state index contributed by atoms with van der Waals surface area (Å²) in [6.07, 6.45) is 1.40. The average molecular weight is 292 g/mol. The van der Waals surface area contributed by atoms with E-state index in [0.717, 1.165) is 0 Å². The van der Waals surface area contributed by atoms with Crippen molar-refractivity contribution in [3.05, 3.63) is 52.8 Å². The number of carbonyl (C=O) groups excluding carboxylic acids is 1. The largest absolute Gasteiger partial charge is 0.477 e. The molecule has 2 aromatic rings. The molecule has 0 saturated heterocycles. The number of methoxy groups -OCH3 is 1. The van der Waals surface area contributed by atoms with E-state index in [1.165, 1.54) is 25.4 Å². The minimum absolute atomic E-state index is 0.0596. The summed E-state index contributed by atoms with van der Waals surface area (Å²) in [5.41, 5.74) is 1.53. The molecule has 0 aliphatic rings. The monoisotopic (exact) mass is 291 g/mol. The zero-order chi connectivity index (χ0) is 14.7. The third-order valence-electron chi connectivity index (χ3n) is 2.69. The van der Waals surface area contributed by atoms with E-state index in [1.807, 2.05) is 0 Å². The lowest BCUT2D eigenvalue weighted by molar-refractivity contribution is 0.0600. The molecule has 1 heterocycles. The molecule has 1 aromatic heterocycles. The highest BCUT2D eigenvalue weighted by atomic mass is 35.5. The van der Waals surface area contributed by atoms with Crippen LogP contribution in [0, 0.1) is 0 Å². The molecule has 0 aliphatic carbocycles. The van der Waals surface area contributed by atoms with Crippen molar-refractivity contribution < 1.29 is 19.4 Å². The smallest absolute Gasteiger partial charge is 0.354 e. The fraction of sp³-hybridized carbons (Fsp3) is 0.0714. The molecule has 0 radical (unpaired) electrons. The van der Waals surface area contributed by atoms with E-state index in [2.05, 4.69) is 9.72 Å². The molecule has 1 aromatic carbocycles. The second-order valence-electron chi connectivity index (χ2n) is 3.92. The van der Waals surface area contributed by atoms with E-state index in [0.29, 0.717) is 11.1 Å². The third-order valence-corrected chi connectivity index (χ3v) is 3.00. The summed E-state index contributed by atoms with van der Waals surface area (Å²) >= 11 is 6.02. The molecule has 0 amide bonds. The van der Waals surface area contributed by atoms with Crippen LogP contribution in [-0.2, 0) is 4.74 Å². The first-order valence-electron chi connectivity index (χ1n) is 5.60. The molecule has 2 rings (SSSR count). The number of halogens is 1. The van der Waals surface area contributed by atoms with Gasteiger partial charge in [-0.1, -0.05) is 17.7 Å². The van der Waals surface area contributed by atoms with Crippen LogP contribution in [0.3, 0.4) is 0 Å². The maximum atomic E-state index is 11.4. The fourth-order valence-electron chi connectivity index (χ4n) is 1.70. The lowest BCUT2D eigenvalue weighted by Crippen LogP contribution is -2.02. The lowest BCUT2D eigenvalue weighted by atomic mass is 10.0. The Labute approximate surface area is 119 Å². The summed E-state index contributed by atoms with van der Waals surface area (Å²) in [7, 11) is 1.27. The molecule has 20 heavy (non-hydrogen) atoms. The van der Waals surface area contributed by atoms with Crippen LogP contribution in [0.5, 0.6) is 0 Å². The summed E-state index contributed by atoms with van der Waals surface area (Å²) in [5, 5.41) is 9.15. The number of pyridine rings is 1. The first-order valence-corrected chi connectivity index (χ1v) is 5.98. The van der Waals surface area contributed by atoms with Crippen molar-refractivity contribution in [2.24, 2.45) is 0 Å². The minimum atomic E-state index is -1.11. The maximum absolute atomic E-state index is 11.4. The number of aromatic nitrogens is 1. The van der Waals surface area contributed by atoms with Gasteiger partial charge in [0.1, 0.15) is 5.69 Å². The number of benzene rings is 1. The molecule has 0 bridgehead atoms. The molecule has 0 atom stereocenters. The van der Waals surface area contributed by atoms with Crippen molar-refractivity contribution in [3.63, 3.8) is 0 Å². The van der Waals surface area contributed by atoms with E-state index in [-0.39, 0.29) is 16.3 Å². The Hall–Kier alpha value is -2.40. The van der Waals surface area contributed by atoms with Crippen molar-refractivity contribution >= 4 is 23.5 Å². The summed E-state index contributed by atoms with van der Waals surface area (Å²) < 4.78 is 4.60. The third kappa shape index (κ3) is 2.78. The van der Waals surface area contributed by atoms with Crippen LogP contribution in [0.15, 0.2) is 36.5 Å². The zero-order valence-corrected chi connectivity index (χ0v) is 11.2. The number of carboxylic acids is 1. The van der Waals surface area contributed by atoms with Gasteiger partial charge in [-0.25, -0.2) is 14.6 Å². The predicted octanol–water partition coefficient (Wildman–Crippen LogP) is 2.89. The van der Waals surface area contributed by atoms with Crippen molar-refractivity contribution in [2.75, 3.05) is 7.11 Å². The topological polar surface area (TPSA) is 76.5 Å². The number of carbonyl (C=O) groups is 2. The lowest BCUT2D eigenvalue weighted by Gasteiger charge is -2.06. The molecule has 1 N–H and O–H groups in total. The molecule has 0 fully saturated rings. The van der Waals surface area contributed by atoms with Crippen LogP contribution in [-0.4, -0.2) is 29.1 Å². The molecule has 102 valence electrons. The zero-order valence-electron chi connectivity index (χ0n) is 10.5. The number of hydrogen-bond acceptors (Lipinski definition) is 4. The number of ether oxygens (including phenoxy) is 1. The van der Waals surface area contributed by atoms with Gasteiger partial charge in [0.25, 0.3) is 0 Å². The Morgan fingerprint density at radius 3 is 2.50 bits per heavy atom. The summed E-state index contributed by atoms with van der Waals surface area (Å²) in [6, 6.07) is 7.87. The first-order chi connectivity index (χ1) is 9.52. The van der Waals surface area contributed by atoms with Crippen LogP contribution < -0.4 is 0 Å². The fourth-order valence-corrected chi connectivity index (χ4v) is 1.95. The van der Waals surface area contributed by atoms with Gasteiger partial charge >= 0.3 is 11.9 Å². The van der Waals surface area contributed by atoms with Crippen LogP contribution in [0.2, 0.25) is 5.02 Å². The van der Waals surface area contributed by atoms with Crippen molar-refractivity contribution in [1.29, 1.82) is 0 Å². The summed E-state index contributed by atoms with van der Waals surface area (Å²) in [6.45, 7) is 0. The van der Waals surface area contributed by atoms with E-state index < -0.39 is 11.9 Å². The van der Waals surface area contributed by atoms with E-state index in [4.69, 9.17) is 16.7 Å². The van der Waals surface area contributed by atoms with E-state index in [1.54, 1.807) is 18.2 Å².